The van der Waals surface area contributed by atoms with E-state index in [1.807, 2.05) is 0 Å². The molecule has 22 heavy (non-hydrogen) atoms. The number of hydrogen-bond acceptors (Lipinski definition) is 6. The Morgan fingerprint density at radius 1 is 1.50 bits per heavy atom. The molecule has 120 valence electrons. The van der Waals surface area contributed by atoms with Gasteiger partial charge in [-0.1, -0.05) is 0 Å². The molecule has 0 fully saturated rings. The van der Waals surface area contributed by atoms with Crippen LogP contribution in [0.1, 0.15) is 6.92 Å². The van der Waals surface area contributed by atoms with Gasteiger partial charge in [0.2, 0.25) is 0 Å². The summed E-state index contributed by atoms with van der Waals surface area (Å²) in [6.07, 6.45) is 1.90. The van der Waals surface area contributed by atoms with E-state index in [0.717, 1.165) is 0 Å². The molecular weight excluding hydrogens is 313 g/mol. The number of ether oxygens (including phenoxy) is 1. The van der Waals surface area contributed by atoms with Crippen LogP contribution < -0.4 is 11.5 Å². The van der Waals surface area contributed by atoms with Crippen molar-refractivity contribution in [3.63, 3.8) is 0 Å². The van der Waals surface area contributed by atoms with Gasteiger partial charge in [0, 0.05) is 0 Å². The Kier molecular flexibility index (Phi) is 4.71. The molecule has 0 radical (unpaired) electrons. The van der Waals surface area contributed by atoms with Crippen molar-refractivity contribution in [3.05, 3.63) is 12.5 Å². The normalized spacial score (nSPS) is 13.2. The molecule has 0 saturated heterocycles. The van der Waals surface area contributed by atoms with Crippen LogP contribution in [0.15, 0.2) is 17.5 Å². The molecule has 0 bridgehead atoms. The fourth-order valence-electron chi connectivity index (χ4n) is 1.70. The SMILES string of the molecule is C[C@H](Cn1cnc2cnc(N=C(N)N)nc21)OCP(=O)(O)O. The first-order chi connectivity index (χ1) is 10.2. The molecule has 2 aromatic heterocycles. The van der Waals surface area contributed by atoms with E-state index in [-0.39, 0.29) is 11.9 Å². The second kappa shape index (κ2) is 6.36. The van der Waals surface area contributed by atoms with Crippen LogP contribution in [-0.4, -0.2) is 47.7 Å². The minimum atomic E-state index is -4.20. The number of aliphatic imine (C=N–C) groups is 1. The van der Waals surface area contributed by atoms with E-state index in [1.54, 1.807) is 11.5 Å². The summed E-state index contributed by atoms with van der Waals surface area (Å²) in [5, 5.41) is 0. The van der Waals surface area contributed by atoms with E-state index in [1.165, 1.54) is 12.5 Å². The van der Waals surface area contributed by atoms with Crippen molar-refractivity contribution in [2.75, 3.05) is 6.35 Å². The topological polar surface area (TPSA) is 175 Å². The highest BCUT2D eigenvalue weighted by molar-refractivity contribution is 7.51. The highest BCUT2D eigenvalue weighted by atomic mass is 31.2. The number of imidazole rings is 1. The van der Waals surface area contributed by atoms with Gasteiger partial charge in [-0.15, -0.1) is 0 Å². The van der Waals surface area contributed by atoms with Crippen LogP contribution in [0.4, 0.5) is 5.95 Å². The average molecular weight is 329 g/mol. The summed E-state index contributed by atoms with van der Waals surface area (Å²) < 4.78 is 17.5. The first kappa shape index (κ1) is 16.3. The molecule has 0 amide bonds. The molecule has 0 saturated carbocycles. The zero-order valence-corrected chi connectivity index (χ0v) is 12.6. The summed E-state index contributed by atoms with van der Waals surface area (Å²) in [6, 6.07) is 0. The second-order valence-corrected chi connectivity index (χ2v) is 6.17. The summed E-state index contributed by atoms with van der Waals surface area (Å²) in [5.41, 5.74) is 11.6. The van der Waals surface area contributed by atoms with Crippen LogP contribution >= 0.6 is 7.60 Å². The fourth-order valence-corrected chi connectivity index (χ4v) is 2.15. The van der Waals surface area contributed by atoms with Gasteiger partial charge in [0.15, 0.2) is 11.6 Å². The van der Waals surface area contributed by atoms with E-state index < -0.39 is 20.0 Å². The molecule has 2 heterocycles. The Bertz CT molecular complexity index is 736. The van der Waals surface area contributed by atoms with Gasteiger partial charge in [0.25, 0.3) is 5.95 Å². The Labute approximate surface area is 125 Å². The third-order valence-corrected chi connectivity index (χ3v) is 3.04. The minimum Gasteiger partial charge on any atom is -0.370 e. The molecule has 2 aromatic rings. The first-order valence-corrected chi connectivity index (χ1v) is 7.98. The Balaban J connectivity index is 2.17. The van der Waals surface area contributed by atoms with Crippen LogP contribution in [0, 0.1) is 0 Å². The van der Waals surface area contributed by atoms with Crippen LogP contribution in [0.3, 0.4) is 0 Å². The third-order valence-electron chi connectivity index (χ3n) is 2.56. The summed E-state index contributed by atoms with van der Waals surface area (Å²) >= 11 is 0. The Morgan fingerprint density at radius 3 is 2.86 bits per heavy atom. The smallest absolute Gasteiger partial charge is 0.350 e. The quantitative estimate of drug-likeness (QED) is 0.302. The molecule has 0 aliphatic rings. The lowest BCUT2D eigenvalue weighted by Crippen LogP contribution is -2.22. The van der Waals surface area contributed by atoms with Crippen LogP contribution in [-0.2, 0) is 15.8 Å². The fraction of sp³-hybridized carbons (Fsp3) is 0.400. The molecule has 1 atom stereocenters. The van der Waals surface area contributed by atoms with Crippen molar-refractivity contribution in [2.45, 2.75) is 19.6 Å². The van der Waals surface area contributed by atoms with Gasteiger partial charge in [0.05, 0.1) is 25.2 Å². The van der Waals surface area contributed by atoms with Gasteiger partial charge in [-0.2, -0.15) is 9.98 Å². The van der Waals surface area contributed by atoms with Crippen molar-refractivity contribution >= 4 is 30.7 Å². The molecule has 11 nitrogen and oxygen atoms in total. The van der Waals surface area contributed by atoms with Crippen LogP contribution in [0.5, 0.6) is 0 Å². The molecule has 0 spiro atoms. The van der Waals surface area contributed by atoms with Gasteiger partial charge in [-0.05, 0) is 6.92 Å². The number of rotatable bonds is 6. The minimum absolute atomic E-state index is 0.0954. The molecule has 0 aromatic carbocycles. The van der Waals surface area contributed by atoms with Crippen molar-refractivity contribution in [1.29, 1.82) is 0 Å². The zero-order valence-electron chi connectivity index (χ0n) is 11.7. The maximum atomic E-state index is 10.8. The monoisotopic (exact) mass is 329 g/mol. The molecule has 0 aliphatic carbocycles. The first-order valence-electron chi connectivity index (χ1n) is 6.18. The Hall–Kier alpha value is -2.07. The molecule has 2 rings (SSSR count). The second-order valence-electron chi connectivity index (χ2n) is 4.58. The number of fused-ring (bicyclic) bond motifs is 1. The van der Waals surface area contributed by atoms with Gasteiger partial charge in [0.1, 0.15) is 11.9 Å². The van der Waals surface area contributed by atoms with Crippen LogP contribution in [0.2, 0.25) is 0 Å². The predicted octanol–water partition coefficient (Wildman–Crippen LogP) is -0.728. The maximum Gasteiger partial charge on any atom is 0.350 e. The average Bonchev–Trinajstić information content (AvgIpc) is 2.78. The number of nitrogens with zero attached hydrogens (tertiary/aromatic N) is 5. The Morgan fingerprint density at radius 2 is 2.23 bits per heavy atom. The van der Waals surface area contributed by atoms with E-state index in [9.17, 15) is 4.57 Å². The summed E-state index contributed by atoms with van der Waals surface area (Å²) in [6.45, 7) is 1.98. The predicted molar refractivity (Wildman–Crippen MR) is 78.3 cm³/mol. The molecule has 0 aliphatic heterocycles. The van der Waals surface area contributed by atoms with E-state index in [0.29, 0.717) is 17.7 Å². The van der Waals surface area contributed by atoms with E-state index in [2.05, 4.69) is 19.9 Å². The molecule has 6 N–H and O–H groups in total. The third kappa shape index (κ3) is 4.46. The summed E-state index contributed by atoms with van der Waals surface area (Å²) in [5.74, 6) is -0.0678. The van der Waals surface area contributed by atoms with E-state index >= 15 is 0 Å². The zero-order chi connectivity index (χ0) is 16.3. The van der Waals surface area contributed by atoms with Crippen molar-refractivity contribution < 1.29 is 19.1 Å². The van der Waals surface area contributed by atoms with Gasteiger partial charge >= 0.3 is 7.60 Å². The number of nitrogens with two attached hydrogens (primary N) is 2. The largest absolute Gasteiger partial charge is 0.370 e. The summed E-state index contributed by atoms with van der Waals surface area (Å²) in [4.78, 5) is 33.6. The van der Waals surface area contributed by atoms with Crippen molar-refractivity contribution in [3.8, 4) is 0 Å². The van der Waals surface area contributed by atoms with Gasteiger partial charge < -0.3 is 30.6 Å². The van der Waals surface area contributed by atoms with Crippen LogP contribution in [0.25, 0.3) is 11.2 Å². The van der Waals surface area contributed by atoms with Crippen molar-refractivity contribution in [2.24, 2.45) is 16.5 Å². The number of aromatic nitrogens is 4. The highest BCUT2D eigenvalue weighted by Gasteiger charge is 2.16. The molecule has 0 unspecified atom stereocenters. The highest BCUT2D eigenvalue weighted by Crippen LogP contribution is 2.34. The lowest BCUT2D eigenvalue weighted by molar-refractivity contribution is 0.0764. The lowest BCUT2D eigenvalue weighted by Gasteiger charge is -2.14. The summed E-state index contributed by atoms with van der Waals surface area (Å²) in [7, 11) is -4.20. The maximum absolute atomic E-state index is 10.8. The number of guanidine groups is 1. The standard InChI is InChI=1S/C10H16N7O4P/c1-6(21-5-22(18,19)20)3-17-4-14-7-2-13-10(15-8(7)17)16-9(11)12/h2,4,6H,3,5H2,1H3,(H2,18,19,20)(H4,11,12,13,15,16)/t6-/m1/s1. The molecular formula is C10H16N7O4P. The van der Waals surface area contributed by atoms with Gasteiger partial charge in [-0.3, -0.25) is 4.57 Å². The number of hydrogen-bond donors (Lipinski definition) is 4. The van der Waals surface area contributed by atoms with Crippen molar-refractivity contribution in [1.82, 2.24) is 19.5 Å². The lowest BCUT2D eigenvalue weighted by atomic mass is 10.4. The van der Waals surface area contributed by atoms with Gasteiger partial charge in [-0.25, -0.2) is 9.97 Å². The van der Waals surface area contributed by atoms with E-state index in [4.69, 9.17) is 26.0 Å². The molecule has 12 heteroatoms.